The van der Waals surface area contributed by atoms with E-state index < -0.39 is 17.9 Å². The van der Waals surface area contributed by atoms with Gasteiger partial charge in [-0.3, -0.25) is 9.69 Å². The lowest BCUT2D eigenvalue weighted by Gasteiger charge is -2.57. The van der Waals surface area contributed by atoms with Crippen molar-refractivity contribution >= 4 is 22.5 Å². The maximum atomic E-state index is 13.4. The third kappa shape index (κ3) is 5.60. The van der Waals surface area contributed by atoms with Crippen LogP contribution < -0.4 is 10.7 Å². The number of carbonyl (C=O) groups is 1. The van der Waals surface area contributed by atoms with E-state index in [9.17, 15) is 23.2 Å². The number of amides is 1. The Balaban J connectivity index is 1.12. The molecule has 1 saturated heterocycles. The van der Waals surface area contributed by atoms with Gasteiger partial charge in [-0.15, -0.1) is 0 Å². The van der Waals surface area contributed by atoms with Gasteiger partial charge in [-0.05, 0) is 45.4 Å². The van der Waals surface area contributed by atoms with Gasteiger partial charge in [0.1, 0.15) is 17.7 Å². The fourth-order valence-electron chi connectivity index (χ4n) is 6.55. The second-order valence-corrected chi connectivity index (χ2v) is 11.6. The first kappa shape index (κ1) is 29.9. The molecule has 6 rings (SSSR count). The van der Waals surface area contributed by atoms with E-state index >= 15 is 0 Å². The number of nitriles is 1. The Morgan fingerprint density at radius 2 is 1.98 bits per heavy atom. The van der Waals surface area contributed by atoms with Gasteiger partial charge in [-0.2, -0.15) is 18.4 Å². The molecule has 3 N–H and O–H groups in total. The first-order valence-corrected chi connectivity index (χ1v) is 14.7. The molecule has 0 radical (unpaired) electrons. The van der Waals surface area contributed by atoms with Gasteiger partial charge >= 0.3 is 6.18 Å². The second kappa shape index (κ2) is 11.8. The highest BCUT2D eigenvalue weighted by molar-refractivity contribution is 5.92. The molecule has 1 amide bonds. The van der Waals surface area contributed by atoms with E-state index in [0.29, 0.717) is 39.0 Å². The van der Waals surface area contributed by atoms with E-state index in [2.05, 4.69) is 64.8 Å². The molecule has 1 aliphatic carbocycles. The summed E-state index contributed by atoms with van der Waals surface area (Å²) >= 11 is 0. The van der Waals surface area contributed by atoms with E-state index in [4.69, 9.17) is 0 Å². The number of hydrazine groups is 1. The summed E-state index contributed by atoms with van der Waals surface area (Å²) in [6, 6.07) is 5.87. The van der Waals surface area contributed by atoms with Crippen LogP contribution in [0.5, 0.6) is 0 Å². The number of hydrogen-bond donors (Lipinski definition) is 3. The molecular weight excluding hydrogens is 575 g/mol. The standard InChI is InChI=1S/C29H34F3N11O/c1-18-22(24-21-4-7-35-25(21)37-17-36-24)16-43(40-18)28(5-3-6-33)13-20(14-28)41-8-10-42(11-9-41)26(44)23-12-19(15-34-2)38-27(39-23)29(30,31)32/h4,7,12,16-18,20,34,40H,3,5,8-11,13-15H2,1-2H3,(H,35,36,37). The zero-order valence-electron chi connectivity index (χ0n) is 24.5. The highest BCUT2D eigenvalue weighted by Crippen LogP contribution is 2.46. The predicted octanol–water partition coefficient (Wildman–Crippen LogP) is 2.70. The lowest BCUT2D eigenvalue weighted by molar-refractivity contribution is -0.145. The Kier molecular flexibility index (Phi) is 7.99. The van der Waals surface area contributed by atoms with Crippen molar-refractivity contribution in [3.63, 3.8) is 0 Å². The van der Waals surface area contributed by atoms with Gasteiger partial charge in [-0.1, -0.05) is 0 Å². The van der Waals surface area contributed by atoms with Gasteiger partial charge in [0.25, 0.3) is 5.91 Å². The quantitative estimate of drug-likeness (QED) is 0.349. The average molecular weight is 610 g/mol. The smallest absolute Gasteiger partial charge is 0.346 e. The third-order valence-corrected chi connectivity index (χ3v) is 8.87. The molecule has 232 valence electrons. The van der Waals surface area contributed by atoms with E-state index in [1.807, 2.05) is 12.3 Å². The lowest BCUT2D eigenvalue weighted by atomic mass is 9.68. The summed E-state index contributed by atoms with van der Waals surface area (Å²) in [5, 5.41) is 15.3. The summed E-state index contributed by atoms with van der Waals surface area (Å²) in [6.07, 6.45) is 3.57. The summed E-state index contributed by atoms with van der Waals surface area (Å²) < 4.78 is 40.2. The molecule has 0 spiro atoms. The van der Waals surface area contributed by atoms with Crippen molar-refractivity contribution in [3.8, 4) is 6.07 Å². The number of halogens is 3. The summed E-state index contributed by atoms with van der Waals surface area (Å²) in [6.45, 7) is 4.15. The maximum absolute atomic E-state index is 13.4. The monoisotopic (exact) mass is 609 g/mol. The van der Waals surface area contributed by atoms with Gasteiger partial charge in [0, 0.05) is 68.5 Å². The number of aromatic amines is 1. The van der Waals surface area contributed by atoms with Gasteiger partial charge in [0.15, 0.2) is 0 Å². The van der Waals surface area contributed by atoms with Crippen LogP contribution in [-0.2, 0) is 12.7 Å². The molecule has 3 aromatic rings. The number of aromatic nitrogens is 5. The molecule has 0 bridgehead atoms. The maximum Gasteiger partial charge on any atom is 0.451 e. The van der Waals surface area contributed by atoms with E-state index in [-0.39, 0.29) is 35.6 Å². The topological polar surface area (TPSA) is 142 Å². The van der Waals surface area contributed by atoms with Gasteiger partial charge in [0.05, 0.1) is 29.0 Å². The van der Waals surface area contributed by atoms with Crippen LogP contribution in [0.2, 0.25) is 0 Å². The Labute approximate surface area is 252 Å². The molecule has 2 aliphatic heterocycles. The lowest BCUT2D eigenvalue weighted by Crippen LogP contribution is -2.66. The second-order valence-electron chi connectivity index (χ2n) is 11.6. The Morgan fingerprint density at radius 1 is 1.20 bits per heavy atom. The van der Waals surface area contributed by atoms with Crippen LogP contribution >= 0.6 is 0 Å². The summed E-state index contributed by atoms with van der Waals surface area (Å²) in [5.74, 6) is -1.84. The number of piperazine rings is 1. The molecule has 44 heavy (non-hydrogen) atoms. The fraction of sp³-hybridized carbons (Fsp3) is 0.517. The third-order valence-electron chi connectivity index (χ3n) is 8.87. The molecule has 3 aromatic heterocycles. The fourth-order valence-corrected chi connectivity index (χ4v) is 6.55. The molecule has 12 nitrogen and oxygen atoms in total. The highest BCUT2D eigenvalue weighted by Gasteiger charge is 2.51. The van der Waals surface area contributed by atoms with Crippen LogP contribution in [0.1, 0.15) is 60.3 Å². The van der Waals surface area contributed by atoms with Crippen molar-refractivity contribution < 1.29 is 18.0 Å². The summed E-state index contributed by atoms with van der Waals surface area (Å²) in [7, 11) is 1.60. The summed E-state index contributed by atoms with van der Waals surface area (Å²) in [5.41, 5.74) is 5.92. The molecule has 15 heteroatoms. The van der Waals surface area contributed by atoms with Gasteiger partial charge in [-0.25, -0.2) is 25.4 Å². The molecule has 2 fully saturated rings. The van der Waals surface area contributed by atoms with E-state index in [0.717, 1.165) is 35.1 Å². The highest BCUT2D eigenvalue weighted by atomic mass is 19.4. The SMILES string of the molecule is CNCc1cc(C(=O)N2CCN(C3CC(CCC#N)(N4C=C(c5ncnc6[nH]ccc56)C(C)N4)C3)CC2)nc(C(F)(F)F)n1. The number of H-pyrrole nitrogens is 1. The van der Waals surface area contributed by atoms with Crippen molar-refractivity contribution in [3.05, 3.63) is 53.8 Å². The zero-order chi connectivity index (χ0) is 31.1. The van der Waals surface area contributed by atoms with Crippen LogP contribution in [0.4, 0.5) is 13.2 Å². The number of nitrogens with zero attached hydrogens (tertiary/aromatic N) is 8. The zero-order valence-corrected chi connectivity index (χ0v) is 24.5. The van der Waals surface area contributed by atoms with Crippen molar-refractivity contribution in [2.75, 3.05) is 33.2 Å². The number of fused-ring (bicyclic) bond motifs is 1. The average Bonchev–Trinajstić information content (AvgIpc) is 3.63. The Hall–Kier alpha value is -4.13. The van der Waals surface area contributed by atoms with Crippen LogP contribution in [0.15, 0.2) is 30.9 Å². The molecular formula is C29H34F3N11O. The minimum atomic E-state index is -4.75. The minimum Gasteiger partial charge on any atom is -0.346 e. The Bertz CT molecular complexity index is 1600. The molecule has 1 saturated carbocycles. The molecule has 0 aromatic carbocycles. The van der Waals surface area contributed by atoms with Crippen molar-refractivity contribution in [2.24, 2.45) is 0 Å². The number of alkyl halides is 3. The largest absolute Gasteiger partial charge is 0.451 e. The van der Waals surface area contributed by atoms with Crippen molar-refractivity contribution in [1.29, 1.82) is 5.26 Å². The predicted molar refractivity (Wildman–Crippen MR) is 154 cm³/mol. The molecule has 3 aliphatic rings. The van der Waals surface area contributed by atoms with Crippen molar-refractivity contribution in [2.45, 2.75) is 63.0 Å². The first-order chi connectivity index (χ1) is 21.1. The normalized spacial score (nSPS) is 24.3. The van der Waals surface area contributed by atoms with Crippen LogP contribution in [-0.4, -0.2) is 96.5 Å². The van der Waals surface area contributed by atoms with Crippen LogP contribution in [0.3, 0.4) is 0 Å². The first-order valence-electron chi connectivity index (χ1n) is 14.7. The number of carbonyl (C=O) groups excluding carboxylic acids is 1. The number of nitrogens with one attached hydrogen (secondary N) is 3. The van der Waals surface area contributed by atoms with E-state index in [1.54, 1.807) is 18.3 Å². The summed E-state index contributed by atoms with van der Waals surface area (Å²) in [4.78, 5) is 36.2. The minimum absolute atomic E-state index is 0.0175. The van der Waals surface area contributed by atoms with Crippen LogP contribution in [0.25, 0.3) is 16.6 Å². The van der Waals surface area contributed by atoms with Gasteiger partial charge < -0.3 is 20.2 Å². The molecule has 1 atom stereocenters. The van der Waals surface area contributed by atoms with Crippen LogP contribution in [0, 0.1) is 11.3 Å². The van der Waals surface area contributed by atoms with Gasteiger partial charge in [0.2, 0.25) is 5.82 Å². The number of hydrogen-bond acceptors (Lipinski definition) is 10. The van der Waals surface area contributed by atoms with E-state index in [1.165, 1.54) is 6.07 Å². The molecule has 1 unspecified atom stereocenters. The number of rotatable bonds is 8. The van der Waals surface area contributed by atoms with Crippen molar-refractivity contribution in [1.82, 2.24) is 50.5 Å². The molecule has 5 heterocycles. The Morgan fingerprint density at radius 3 is 2.68 bits per heavy atom.